The van der Waals surface area contributed by atoms with Crippen molar-refractivity contribution in [2.75, 3.05) is 32.1 Å². The van der Waals surface area contributed by atoms with Gasteiger partial charge in [0, 0.05) is 57.6 Å². The fourth-order valence-electron chi connectivity index (χ4n) is 3.48. The van der Waals surface area contributed by atoms with Crippen LogP contribution in [0.15, 0.2) is 35.6 Å². The third-order valence-electron chi connectivity index (χ3n) is 4.98. The van der Waals surface area contributed by atoms with Crippen molar-refractivity contribution in [3.05, 3.63) is 36.2 Å². The highest BCUT2D eigenvalue weighted by molar-refractivity contribution is 14.0. The molecule has 1 aliphatic rings. The quantitative estimate of drug-likeness (QED) is 0.314. The van der Waals surface area contributed by atoms with Gasteiger partial charge in [-0.25, -0.2) is 0 Å². The molecule has 1 saturated heterocycles. The molecular weight excluding hydrogens is 521 g/mol. The lowest BCUT2D eigenvalue weighted by atomic mass is 10.1. The maximum absolute atomic E-state index is 12.8. The number of aliphatic imine (C=N–C) groups is 1. The number of halogens is 3. The zero-order valence-corrected chi connectivity index (χ0v) is 20.2. The normalized spacial score (nSPS) is 16.6. The van der Waals surface area contributed by atoms with Gasteiger partial charge in [-0.1, -0.05) is 0 Å². The van der Waals surface area contributed by atoms with Crippen LogP contribution in [0, 0.1) is 0 Å². The molecule has 2 aromatic rings. The lowest BCUT2D eigenvalue weighted by Crippen LogP contribution is -2.51. The van der Waals surface area contributed by atoms with Crippen molar-refractivity contribution < 1.29 is 18.3 Å². The van der Waals surface area contributed by atoms with Crippen LogP contribution in [0.3, 0.4) is 0 Å². The summed E-state index contributed by atoms with van der Waals surface area (Å²) in [6.07, 6.45) is 5.93. The van der Waals surface area contributed by atoms with E-state index >= 15 is 0 Å². The monoisotopic (exact) mass is 550 g/mol. The first kappa shape index (κ1) is 25.0. The average molecular weight is 550 g/mol. The van der Waals surface area contributed by atoms with Gasteiger partial charge in [0.25, 0.3) is 0 Å². The van der Waals surface area contributed by atoms with E-state index in [1.807, 2.05) is 19.4 Å². The van der Waals surface area contributed by atoms with E-state index in [2.05, 4.69) is 30.4 Å². The second-order valence-corrected chi connectivity index (χ2v) is 7.08. The van der Waals surface area contributed by atoms with Crippen LogP contribution in [0.1, 0.15) is 18.4 Å². The lowest BCUT2D eigenvalue weighted by Gasteiger charge is -2.34. The Kier molecular flexibility index (Phi) is 9.59. The predicted octanol–water partition coefficient (Wildman–Crippen LogP) is 2.98. The summed E-state index contributed by atoms with van der Waals surface area (Å²) < 4.78 is 37.0. The van der Waals surface area contributed by atoms with Crippen LogP contribution >= 0.6 is 24.0 Å². The Morgan fingerprint density at radius 3 is 2.84 bits per heavy atom. The van der Waals surface area contributed by atoms with Gasteiger partial charge >= 0.3 is 6.61 Å². The molecule has 1 aliphatic heterocycles. The topological polar surface area (TPSA) is 75.9 Å². The number of methoxy groups -OCH3 is 1. The van der Waals surface area contributed by atoms with Crippen LogP contribution in [-0.2, 0) is 13.6 Å². The molecule has 172 valence electrons. The van der Waals surface area contributed by atoms with Gasteiger partial charge in [0.15, 0.2) is 5.96 Å². The summed E-state index contributed by atoms with van der Waals surface area (Å²) in [5, 5.41) is 10.8. The minimum absolute atomic E-state index is 0. The molecule has 2 N–H and O–H groups in total. The number of aromatic nitrogens is 2. The molecule has 0 aliphatic carbocycles. The number of piperidine rings is 1. The summed E-state index contributed by atoms with van der Waals surface area (Å²) in [6.45, 7) is -0.816. The van der Waals surface area contributed by atoms with E-state index in [1.165, 1.54) is 13.2 Å². The first-order valence-corrected chi connectivity index (χ1v) is 9.81. The first-order chi connectivity index (χ1) is 14.5. The van der Waals surface area contributed by atoms with Crippen molar-refractivity contribution in [1.29, 1.82) is 0 Å². The number of hydrogen-bond donors (Lipinski definition) is 2. The number of anilines is 1. The van der Waals surface area contributed by atoms with Gasteiger partial charge in [-0.15, -0.1) is 24.0 Å². The molecule has 31 heavy (non-hydrogen) atoms. The number of aryl methyl sites for hydroxylation is 1. The number of alkyl halides is 2. The number of ether oxygens (including phenoxy) is 2. The number of nitrogens with zero attached hydrogens (tertiary/aromatic N) is 4. The van der Waals surface area contributed by atoms with Crippen LogP contribution < -0.4 is 25.0 Å². The van der Waals surface area contributed by atoms with Gasteiger partial charge in [0.1, 0.15) is 11.5 Å². The summed E-state index contributed by atoms with van der Waals surface area (Å²) in [7, 11) is 5.06. The standard InChI is InChI=1S/C20H28F2N6O2.HI/c1-23-20(24-10-14-6-7-17(29-3)9-18(14)30-19(21)22)26-15-5-4-8-28(12-15)16-11-25-27(2)13-16;/h6-7,9,11,13,15,19H,4-5,8,10,12H2,1-3H3,(H2,23,24,26);1H. The number of rotatable bonds is 7. The Labute approximate surface area is 198 Å². The maximum atomic E-state index is 12.8. The highest BCUT2D eigenvalue weighted by Gasteiger charge is 2.22. The Morgan fingerprint density at radius 2 is 2.19 bits per heavy atom. The molecule has 0 bridgehead atoms. The summed E-state index contributed by atoms with van der Waals surface area (Å²) in [5.74, 6) is 1.13. The smallest absolute Gasteiger partial charge is 0.387 e. The van der Waals surface area contributed by atoms with E-state index in [4.69, 9.17) is 4.74 Å². The maximum Gasteiger partial charge on any atom is 0.387 e. The summed E-state index contributed by atoms with van der Waals surface area (Å²) in [5.41, 5.74) is 1.68. The zero-order valence-electron chi connectivity index (χ0n) is 17.8. The summed E-state index contributed by atoms with van der Waals surface area (Å²) >= 11 is 0. The Hall–Kier alpha value is -2.31. The highest BCUT2D eigenvalue weighted by Crippen LogP contribution is 2.26. The minimum Gasteiger partial charge on any atom is -0.497 e. The Morgan fingerprint density at radius 1 is 1.39 bits per heavy atom. The summed E-state index contributed by atoms with van der Waals surface area (Å²) in [6, 6.07) is 5.06. The highest BCUT2D eigenvalue weighted by atomic mass is 127. The molecule has 1 aromatic carbocycles. The summed E-state index contributed by atoms with van der Waals surface area (Å²) in [4.78, 5) is 6.56. The second-order valence-electron chi connectivity index (χ2n) is 7.08. The van der Waals surface area contributed by atoms with Crippen LogP contribution in [0.2, 0.25) is 0 Å². The third kappa shape index (κ3) is 7.11. The molecule has 1 aromatic heterocycles. The zero-order chi connectivity index (χ0) is 21.5. The van der Waals surface area contributed by atoms with Crippen molar-refractivity contribution in [3.63, 3.8) is 0 Å². The molecule has 0 spiro atoms. The third-order valence-corrected chi connectivity index (χ3v) is 4.98. The second kappa shape index (κ2) is 11.9. The van der Waals surface area contributed by atoms with Crippen molar-refractivity contribution in [2.24, 2.45) is 12.0 Å². The molecule has 8 nitrogen and oxygen atoms in total. The predicted molar refractivity (Wildman–Crippen MR) is 127 cm³/mol. The molecule has 1 atom stereocenters. The van der Waals surface area contributed by atoms with Gasteiger partial charge in [0.05, 0.1) is 19.0 Å². The van der Waals surface area contributed by atoms with E-state index in [0.717, 1.165) is 31.6 Å². The van der Waals surface area contributed by atoms with Crippen molar-refractivity contribution in [2.45, 2.75) is 32.0 Å². The number of hydrogen-bond acceptors (Lipinski definition) is 5. The van der Waals surface area contributed by atoms with Crippen LogP contribution in [0.4, 0.5) is 14.5 Å². The molecule has 0 saturated carbocycles. The van der Waals surface area contributed by atoms with Crippen LogP contribution in [0.5, 0.6) is 11.5 Å². The fraction of sp³-hybridized carbons (Fsp3) is 0.500. The van der Waals surface area contributed by atoms with Crippen molar-refractivity contribution >= 4 is 35.6 Å². The average Bonchev–Trinajstić information content (AvgIpc) is 3.18. The molecular formula is C20H29F2IN6O2. The molecule has 0 amide bonds. The van der Waals surface area contributed by atoms with Gasteiger partial charge in [-0.3, -0.25) is 9.67 Å². The molecule has 2 heterocycles. The van der Waals surface area contributed by atoms with Crippen molar-refractivity contribution in [3.8, 4) is 11.5 Å². The minimum atomic E-state index is -2.91. The van der Waals surface area contributed by atoms with Crippen LogP contribution in [-0.4, -0.2) is 55.6 Å². The molecule has 11 heteroatoms. The number of guanidine groups is 1. The molecule has 0 radical (unpaired) electrons. The molecule has 1 unspecified atom stereocenters. The van der Waals surface area contributed by atoms with E-state index in [-0.39, 0.29) is 42.3 Å². The van der Waals surface area contributed by atoms with Gasteiger partial charge in [-0.05, 0) is 25.0 Å². The Balaban J connectivity index is 0.00000341. The number of benzene rings is 1. The van der Waals surface area contributed by atoms with Crippen LogP contribution in [0.25, 0.3) is 0 Å². The van der Waals surface area contributed by atoms with E-state index in [9.17, 15) is 8.78 Å². The number of nitrogens with one attached hydrogen (secondary N) is 2. The van der Waals surface area contributed by atoms with E-state index < -0.39 is 6.61 Å². The van der Waals surface area contributed by atoms with Gasteiger partial charge in [-0.2, -0.15) is 13.9 Å². The van der Waals surface area contributed by atoms with Gasteiger partial charge in [0.2, 0.25) is 0 Å². The fourth-order valence-corrected chi connectivity index (χ4v) is 3.48. The largest absolute Gasteiger partial charge is 0.497 e. The Bertz CT molecular complexity index is 864. The molecule has 3 rings (SSSR count). The first-order valence-electron chi connectivity index (χ1n) is 9.81. The van der Waals surface area contributed by atoms with Crippen molar-refractivity contribution in [1.82, 2.24) is 20.4 Å². The van der Waals surface area contributed by atoms with Gasteiger partial charge < -0.3 is 25.0 Å². The lowest BCUT2D eigenvalue weighted by molar-refractivity contribution is -0.0505. The molecule has 1 fully saturated rings. The van der Waals surface area contributed by atoms with E-state index in [1.54, 1.807) is 23.9 Å². The van der Waals surface area contributed by atoms with E-state index in [0.29, 0.717) is 17.3 Å². The SMILES string of the molecule is CN=C(NCc1ccc(OC)cc1OC(F)F)NC1CCCN(c2cnn(C)c2)C1.I.